The Morgan fingerprint density at radius 3 is 2.78 bits per heavy atom. The zero-order chi connectivity index (χ0) is 13.1. The molecule has 0 saturated heterocycles. The number of ether oxygens (including phenoxy) is 2. The normalized spacial score (nSPS) is 10.4. The number of anilines is 1. The molecule has 0 unspecified atom stereocenters. The van der Waals surface area contributed by atoms with Crippen molar-refractivity contribution >= 4 is 21.8 Å². The number of methoxy groups -OCH3 is 1. The highest BCUT2D eigenvalue weighted by Gasteiger charge is 2.20. The zero-order valence-electron chi connectivity index (χ0n) is 10.1. The molecule has 0 spiro atoms. The van der Waals surface area contributed by atoms with Gasteiger partial charge in [0.2, 0.25) is 5.88 Å². The van der Waals surface area contributed by atoms with Crippen molar-refractivity contribution in [3.8, 4) is 22.6 Å². The summed E-state index contributed by atoms with van der Waals surface area (Å²) in [6.45, 7) is 2.42. The van der Waals surface area contributed by atoms with Gasteiger partial charge in [0, 0.05) is 10.0 Å². The van der Waals surface area contributed by atoms with Crippen LogP contribution >= 0.6 is 15.9 Å². The van der Waals surface area contributed by atoms with Crippen molar-refractivity contribution in [1.29, 1.82) is 0 Å². The van der Waals surface area contributed by atoms with E-state index in [1.54, 1.807) is 13.3 Å². The summed E-state index contributed by atoms with van der Waals surface area (Å²) in [5.41, 5.74) is 7.20. The van der Waals surface area contributed by atoms with Crippen molar-refractivity contribution in [3.05, 3.63) is 22.8 Å². The van der Waals surface area contributed by atoms with Gasteiger partial charge in [-0.3, -0.25) is 0 Å². The first-order valence-electron chi connectivity index (χ1n) is 5.38. The maximum atomic E-state index is 5.75. The van der Waals surface area contributed by atoms with Gasteiger partial charge < -0.3 is 19.7 Å². The van der Waals surface area contributed by atoms with E-state index < -0.39 is 0 Å². The Hall–Kier alpha value is -1.69. The third-order valence-corrected chi connectivity index (χ3v) is 3.11. The molecule has 2 N–H and O–H groups in total. The highest BCUT2D eigenvalue weighted by Crippen LogP contribution is 2.44. The van der Waals surface area contributed by atoms with Gasteiger partial charge in [-0.15, -0.1) is 0 Å². The maximum Gasteiger partial charge on any atom is 0.230 e. The number of hydrogen-bond acceptors (Lipinski definition) is 5. The summed E-state index contributed by atoms with van der Waals surface area (Å²) >= 11 is 3.48. The number of benzene rings is 1. The van der Waals surface area contributed by atoms with E-state index >= 15 is 0 Å². The quantitative estimate of drug-likeness (QED) is 0.939. The zero-order valence-corrected chi connectivity index (χ0v) is 11.7. The lowest BCUT2D eigenvalue weighted by molar-refractivity contribution is 0.312. The van der Waals surface area contributed by atoms with Crippen LogP contribution in [0.4, 0.5) is 5.88 Å². The summed E-state index contributed by atoms with van der Waals surface area (Å²) < 4.78 is 16.7. The van der Waals surface area contributed by atoms with Crippen molar-refractivity contribution in [1.82, 2.24) is 5.16 Å². The predicted molar refractivity (Wildman–Crippen MR) is 71.8 cm³/mol. The molecule has 0 aliphatic heterocycles. The molecule has 0 amide bonds. The van der Waals surface area contributed by atoms with Crippen molar-refractivity contribution in [2.24, 2.45) is 0 Å². The number of nitrogens with zero attached hydrogens (tertiary/aromatic N) is 1. The lowest BCUT2D eigenvalue weighted by Gasteiger charge is -2.14. The Bertz CT molecular complexity index is 554. The first-order valence-corrected chi connectivity index (χ1v) is 6.18. The van der Waals surface area contributed by atoms with Gasteiger partial charge in [-0.25, -0.2) is 0 Å². The minimum atomic E-state index is 0.241. The molecule has 0 radical (unpaired) electrons. The number of rotatable bonds is 4. The standard InChI is InChI=1S/C12H13BrN2O3/c1-3-17-11-9(16-2)5-4-8(13)10(11)7-6-15-18-12(7)14/h4-6H,3,14H2,1-2H3. The van der Waals surface area contributed by atoms with Crippen LogP contribution in [-0.2, 0) is 0 Å². The summed E-state index contributed by atoms with van der Waals surface area (Å²) in [5.74, 6) is 1.49. The minimum absolute atomic E-state index is 0.241. The van der Waals surface area contributed by atoms with Gasteiger partial charge in [-0.1, -0.05) is 21.1 Å². The summed E-state index contributed by atoms with van der Waals surface area (Å²) in [6, 6.07) is 3.69. The molecule has 0 aliphatic carbocycles. The molecule has 0 fully saturated rings. The molecule has 1 heterocycles. The smallest absolute Gasteiger partial charge is 0.230 e. The van der Waals surface area contributed by atoms with Crippen molar-refractivity contribution in [2.75, 3.05) is 19.5 Å². The Labute approximate surface area is 113 Å². The summed E-state index contributed by atoms with van der Waals surface area (Å²) in [5, 5.41) is 3.68. The van der Waals surface area contributed by atoms with Crippen molar-refractivity contribution in [3.63, 3.8) is 0 Å². The van der Waals surface area contributed by atoms with E-state index in [1.165, 1.54) is 0 Å². The van der Waals surface area contributed by atoms with Gasteiger partial charge in [0.25, 0.3) is 0 Å². The maximum absolute atomic E-state index is 5.75. The van der Waals surface area contributed by atoms with Crippen LogP contribution in [0, 0.1) is 0 Å². The van der Waals surface area contributed by atoms with Gasteiger partial charge in [-0.05, 0) is 19.1 Å². The molecule has 2 rings (SSSR count). The molecule has 0 bridgehead atoms. The van der Waals surface area contributed by atoms with Crippen LogP contribution in [0.2, 0.25) is 0 Å². The Morgan fingerprint density at radius 1 is 1.44 bits per heavy atom. The molecule has 5 nitrogen and oxygen atoms in total. The lowest BCUT2D eigenvalue weighted by Crippen LogP contribution is -1.99. The third-order valence-electron chi connectivity index (χ3n) is 2.45. The molecule has 18 heavy (non-hydrogen) atoms. The second kappa shape index (κ2) is 5.30. The number of halogens is 1. The highest BCUT2D eigenvalue weighted by molar-refractivity contribution is 9.10. The van der Waals surface area contributed by atoms with E-state index in [0.29, 0.717) is 23.7 Å². The molecule has 0 aliphatic rings. The van der Waals surface area contributed by atoms with Crippen LogP contribution < -0.4 is 15.2 Å². The number of hydrogen-bond donors (Lipinski definition) is 1. The fraction of sp³-hybridized carbons (Fsp3) is 0.250. The van der Waals surface area contributed by atoms with E-state index in [1.807, 2.05) is 19.1 Å². The predicted octanol–water partition coefficient (Wildman–Crippen LogP) is 3.09. The van der Waals surface area contributed by atoms with Gasteiger partial charge in [0.15, 0.2) is 11.5 Å². The first-order chi connectivity index (χ1) is 8.69. The monoisotopic (exact) mass is 312 g/mol. The van der Waals surface area contributed by atoms with E-state index in [-0.39, 0.29) is 5.88 Å². The van der Waals surface area contributed by atoms with Crippen LogP contribution in [0.25, 0.3) is 11.1 Å². The SMILES string of the molecule is CCOc1c(OC)ccc(Br)c1-c1cnoc1N. The fourth-order valence-corrected chi connectivity index (χ4v) is 2.20. The Kier molecular flexibility index (Phi) is 3.76. The van der Waals surface area contributed by atoms with E-state index in [9.17, 15) is 0 Å². The van der Waals surface area contributed by atoms with Crippen LogP contribution in [0.5, 0.6) is 11.5 Å². The van der Waals surface area contributed by atoms with Crippen LogP contribution in [0.15, 0.2) is 27.3 Å². The average Bonchev–Trinajstić information content (AvgIpc) is 2.76. The van der Waals surface area contributed by atoms with Crippen LogP contribution in [-0.4, -0.2) is 18.9 Å². The molecular weight excluding hydrogens is 300 g/mol. The van der Waals surface area contributed by atoms with Crippen LogP contribution in [0.1, 0.15) is 6.92 Å². The highest BCUT2D eigenvalue weighted by atomic mass is 79.9. The molecule has 0 saturated carbocycles. The molecule has 6 heteroatoms. The second-order valence-electron chi connectivity index (χ2n) is 3.49. The third kappa shape index (κ3) is 2.15. The lowest BCUT2D eigenvalue weighted by atomic mass is 10.1. The van der Waals surface area contributed by atoms with Crippen molar-refractivity contribution in [2.45, 2.75) is 6.92 Å². The molecule has 96 valence electrons. The topological polar surface area (TPSA) is 70.5 Å². The van der Waals surface area contributed by atoms with Crippen LogP contribution in [0.3, 0.4) is 0 Å². The van der Waals surface area contributed by atoms with Crippen molar-refractivity contribution < 1.29 is 14.0 Å². The van der Waals surface area contributed by atoms with E-state index in [2.05, 4.69) is 21.1 Å². The Balaban J connectivity index is 2.67. The summed E-state index contributed by atoms with van der Waals surface area (Å²) in [6.07, 6.45) is 1.55. The summed E-state index contributed by atoms with van der Waals surface area (Å²) in [7, 11) is 1.59. The molecular formula is C12H13BrN2O3. The number of nitrogen functional groups attached to an aromatic ring is 1. The van der Waals surface area contributed by atoms with Gasteiger partial charge in [0.1, 0.15) is 0 Å². The van der Waals surface area contributed by atoms with E-state index in [4.69, 9.17) is 19.7 Å². The molecule has 1 aromatic heterocycles. The number of nitrogens with two attached hydrogens (primary N) is 1. The largest absolute Gasteiger partial charge is 0.493 e. The van der Waals surface area contributed by atoms with E-state index in [0.717, 1.165) is 10.0 Å². The Morgan fingerprint density at radius 2 is 2.22 bits per heavy atom. The molecule has 1 aromatic carbocycles. The molecule has 0 atom stereocenters. The number of aromatic nitrogens is 1. The van der Waals surface area contributed by atoms with Gasteiger partial charge >= 0.3 is 0 Å². The first kappa shape index (κ1) is 12.8. The fourth-order valence-electron chi connectivity index (χ4n) is 1.68. The van der Waals surface area contributed by atoms with Gasteiger partial charge in [0.05, 0.1) is 25.5 Å². The second-order valence-corrected chi connectivity index (χ2v) is 4.34. The minimum Gasteiger partial charge on any atom is -0.493 e. The molecule has 2 aromatic rings. The average molecular weight is 313 g/mol. The summed E-state index contributed by atoms with van der Waals surface area (Å²) in [4.78, 5) is 0. The van der Waals surface area contributed by atoms with Gasteiger partial charge in [-0.2, -0.15) is 0 Å².